The molecule has 0 atom stereocenters. The molecule has 7 nitrogen and oxygen atoms in total. The van der Waals surface area contributed by atoms with Gasteiger partial charge in [-0.2, -0.15) is 0 Å². The van der Waals surface area contributed by atoms with Gasteiger partial charge in [-0.25, -0.2) is 4.98 Å². The molecule has 0 aliphatic carbocycles. The first-order valence-corrected chi connectivity index (χ1v) is 9.18. The molecular weight excluding hydrogens is 350 g/mol. The first kappa shape index (κ1) is 18.1. The second-order valence-electron chi connectivity index (χ2n) is 5.62. The second kappa shape index (κ2) is 8.57. The van der Waals surface area contributed by atoms with E-state index in [2.05, 4.69) is 20.6 Å². The van der Waals surface area contributed by atoms with Gasteiger partial charge in [0.05, 0.1) is 26.5 Å². The van der Waals surface area contributed by atoms with Crippen LogP contribution in [0.5, 0.6) is 11.5 Å². The van der Waals surface area contributed by atoms with Gasteiger partial charge in [0.25, 0.3) is 0 Å². The molecule has 0 spiro atoms. The largest absolute Gasteiger partial charge is 0.493 e. The Kier molecular flexibility index (Phi) is 5.96. The van der Waals surface area contributed by atoms with Gasteiger partial charge in [0.1, 0.15) is 0 Å². The zero-order valence-corrected chi connectivity index (χ0v) is 16.0. The third kappa shape index (κ3) is 4.26. The van der Waals surface area contributed by atoms with Gasteiger partial charge < -0.3 is 20.1 Å². The van der Waals surface area contributed by atoms with Crippen molar-refractivity contribution in [3.05, 3.63) is 47.2 Å². The number of fused-ring (bicyclic) bond motifs is 1. The molecule has 0 fully saturated rings. The molecule has 0 unspecified atom stereocenters. The van der Waals surface area contributed by atoms with E-state index in [-0.39, 0.29) is 0 Å². The summed E-state index contributed by atoms with van der Waals surface area (Å²) < 4.78 is 12.6. The first-order chi connectivity index (χ1) is 12.7. The van der Waals surface area contributed by atoms with Crippen molar-refractivity contribution in [2.24, 2.45) is 4.99 Å². The van der Waals surface area contributed by atoms with Crippen LogP contribution in [0.25, 0.3) is 4.96 Å². The molecule has 0 aliphatic rings. The van der Waals surface area contributed by atoms with Gasteiger partial charge in [-0.05, 0) is 24.1 Å². The van der Waals surface area contributed by atoms with Crippen LogP contribution < -0.4 is 20.1 Å². The average molecular weight is 373 g/mol. The molecule has 0 radical (unpaired) electrons. The van der Waals surface area contributed by atoms with Gasteiger partial charge in [0, 0.05) is 31.4 Å². The first-order valence-electron chi connectivity index (χ1n) is 8.30. The monoisotopic (exact) mass is 373 g/mol. The second-order valence-corrected chi connectivity index (χ2v) is 6.49. The van der Waals surface area contributed by atoms with Crippen LogP contribution in [0.2, 0.25) is 0 Å². The fraction of sp³-hybridized carbons (Fsp3) is 0.333. The van der Waals surface area contributed by atoms with E-state index in [0.717, 1.165) is 41.1 Å². The highest BCUT2D eigenvalue weighted by Crippen LogP contribution is 2.27. The smallest absolute Gasteiger partial charge is 0.193 e. The van der Waals surface area contributed by atoms with E-state index in [0.29, 0.717) is 6.54 Å². The van der Waals surface area contributed by atoms with Crippen molar-refractivity contribution >= 4 is 22.3 Å². The Morgan fingerprint density at radius 3 is 2.81 bits per heavy atom. The van der Waals surface area contributed by atoms with Crippen molar-refractivity contribution in [2.45, 2.75) is 13.0 Å². The standard InChI is InChI=1S/C18H23N5O2S/c1-19-17(21-11-14-12-23-8-9-26-18(23)22-14)20-7-6-13-4-5-15(24-2)16(10-13)25-3/h4-5,8-10,12H,6-7,11H2,1-3H3,(H2,19,20,21). The van der Waals surface area contributed by atoms with Crippen LogP contribution in [0.4, 0.5) is 0 Å². The summed E-state index contributed by atoms with van der Waals surface area (Å²) in [6, 6.07) is 5.96. The average Bonchev–Trinajstić information content (AvgIpc) is 3.26. The highest BCUT2D eigenvalue weighted by molar-refractivity contribution is 7.15. The van der Waals surface area contributed by atoms with Crippen LogP contribution >= 0.6 is 11.3 Å². The number of aromatic nitrogens is 2. The molecule has 3 aromatic rings. The number of imidazole rings is 1. The number of aliphatic imine (C=N–C) groups is 1. The van der Waals surface area contributed by atoms with Gasteiger partial charge in [-0.1, -0.05) is 6.07 Å². The maximum absolute atomic E-state index is 5.34. The zero-order chi connectivity index (χ0) is 18.4. The molecule has 0 saturated heterocycles. The minimum atomic E-state index is 0.629. The van der Waals surface area contributed by atoms with Gasteiger partial charge in [-0.15, -0.1) is 11.3 Å². The molecule has 3 rings (SSSR count). The van der Waals surface area contributed by atoms with Crippen molar-refractivity contribution in [1.82, 2.24) is 20.0 Å². The number of guanidine groups is 1. The Morgan fingerprint density at radius 2 is 2.08 bits per heavy atom. The SMILES string of the molecule is CN=C(NCCc1ccc(OC)c(OC)c1)NCc1cn2ccsc2n1. The molecule has 138 valence electrons. The molecule has 0 aliphatic heterocycles. The van der Waals surface area contributed by atoms with E-state index in [1.807, 2.05) is 40.4 Å². The fourth-order valence-corrected chi connectivity index (χ4v) is 3.34. The topological polar surface area (TPSA) is 72.2 Å². The number of rotatable bonds is 7. The molecular formula is C18H23N5O2S. The van der Waals surface area contributed by atoms with Crippen molar-refractivity contribution < 1.29 is 9.47 Å². The molecule has 2 aromatic heterocycles. The third-order valence-corrected chi connectivity index (χ3v) is 4.73. The van der Waals surface area contributed by atoms with E-state index >= 15 is 0 Å². The number of nitrogens with zero attached hydrogens (tertiary/aromatic N) is 3. The molecule has 0 bridgehead atoms. The lowest BCUT2D eigenvalue weighted by Gasteiger charge is -2.12. The molecule has 2 N–H and O–H groups in total. The van der Waals surface area contributed by atoms with E-state index in [1.165, 1.54) is 5.56 Å². The number of hydrogen-bond donors (Lipinski definition) is 2. The quantitative estimate of drug-likeness (QED) is 0.491. The number of benzene rings is 1. The summed E-state index contributed by atoms with van der Waals surface area (Å²) >= 11 is 1.62. The van der Waals surface area contributed by atoms with Gasteiger partial charge >= 0.3 is 0 Å². The zero-order valence-electron chi connectivity index (χ0n) is 15.2. The van der Waals surface area contributed by atoms with Crippen molar-refractivity contribution in [3.8, 4) is 11.5 Å². The number of ether oxygens (including phenoxy) is 2. The van der Waals surface area contributed by atoms with Crippen LogP contribution in [0.1, 0.15) is 11.3 Å². The van der Waals surface area contributed by atoms with Crippen LogP contribution in [0.3, 0.4) is 0 Å². The van der Waals surface area contributed by atoms with Crippen LogP contribution in [-0.2, 0) is 13.0 Å². The minimum Gasteiger partial charge on any atom is -0.493 e. The minimum absolute atomic E-state index is 0.629. The van der Waals surface area contributed by atoms with Crippen LogP contribution in [0.15, 0.2) is 41.0 Å². The summed E-state index contributed by atoms with van der Waals surface area (Å²) in [7, 11) is 5.04. The van der Waals surface area contributed by atoms with Crippen LogP contribution in [0, 0.1) is 0 Å². The lowest BCUT2D eigenvalue weighted by Crippen LogP contribution is -2.37. The Bertz CT molecular complexity index is 858. The van der Waals surface area contributed by atoms with E-state index in [1.54, 1.807) is 32.6 Å². The normalized spacial score (nSPS) is 11.6. The maximum Gasteiger partial charge on any atom is 0.193 e. The van der Waals surface area contributed by atoms with E-state index < -0.39 is 0 Å². The summed E-state index contributed by atoms with van der Waals surface area (Å²) in [5.41, 5.74) is 2.15. The van der Waals surface area contributed by atoms with Crippen molar-refractivity contribution in [3.63, 3.8) is 0 Å². The van der Waals surface area contributed by atoms with E-state index in [9.17, 15) is 0 Å². The molecule has 0 amide bonds. The number of hydrogen-bond acceptors (Lipinski definition) is 5. The summed E-state index contributed by atoms with van der Waals surface area (Å²) in [6.07, 6.45) is 4.88. The third-order valence-electron chi connectivity index (χ3n) is 3.96. The highest BCUT2D eigenvalue weighted by Gasteiger charge is 2.06. The Morgan fingerprint density at radius 1 is 1.23 bits per heavy atom. The molecule has 8 heteroatoms. The van der Waals surface area contributed by atoms with E-state index in [4.69, 9.17) is 9.47 Å². The number of methoxy groups -OCH3 is 2. The summed E-state index contributed by atoms with van der Waals surface area (Å²) in [5.74, 6) is 2.23. The predicted molar refractivity (Wildman–Crippen MR) is 105 cm³/mol. The van der Waals surface area contributed by atoms with Crippen LogP contribution in [-0.4, -0.2) is 43.2 Å². The fourth-order valence-electron chi connectivity index (χ4n) is 2.62. The molecule has 26 heavy (non-hydrogen) atoms. The van der Waals surface area contributed by atoms with Gasteiger partial charge in [-0.3, -0.25) is 9.39 Å². The maximum atomic E-state index is 5.34. The Balaban J connectivity index is 1.49. The van der Waals surface area contributed by atoms with Gasteiger partial charge in [0.2, 0.25) is 0 Å². The summed E-state index contributed by atoms with van der Waals surface area (Å²) in [5, 5.41) is 8.63. The molecule has 1 aromatic carbocycles. The predicted octanol–water partition coefficient (Wildman–Crippen LogP) is 2.32. The molecule has 0 saturated carbocycles. The lowest BCUT2D eigenvalue weighted by molar-refractivity contribution is 0.354. The summed E-state index contributed by atoms with van der Waals surface area (Å²) in [6.45, 7) is 1.39. The van der Waals surface area contributed by atoms with Crippen molar-refractivity contribution in [1.29, 1.82) is 0 Å². The Labute approximate surface area is 156 Å². The Hall–Kier alpha value is -2.74. The van der Waals surface area contributed by atoms with Gasteiger partial charge in [0.15, 0.2) is 22.4 Å². The lowest BCUT2D eigenvalue weighted by atomic mass is 10.1. The van der Waals surface area contributed by atoms with Crippen molar-refractivity contribution in [2.75, 3.05) is 27.8 Å². The molecule has 2 heterocycles. The number of nitrogens with one attached hydrogen (secondary N) is 2. The highest BCUT2D eigenvalue weighted by atomic mass is 32.1. The summed E-state index contributed by atoms with van der Waals surface area (Å²) in [4.78, 5) is 9.81. The number of thiazole rings is 1.